The van der Waals surface area contributed by atoms with Gasteiger partial charge in [-0.1, -0.05) is 6.92 Å². The molecule has 3 N–H and O–H groups in total. The minimum absolute atomic E-state index is 0.210. The first-order valence-corrected chi connectivity index (χ1v) is 6.97. The van der Waals surface area contributed by atoms with Gasteiger partial charge in [-0.15, -0.1) is 0 Å². The lowest BCUT2D eigenvalue weighted by Gasteiger charge is -2.07. The molecule has 1 aromatic carbocycles. The highest BCUT2D eigenvalue weighted by Crippen LogP contribution is 2.10. The number of nitrogen functional groups attached to an aromatic ring is 1. The predicted molar refractivity (Wildman–Crippen MR) is 67.2 cm³/mol. The molecule has 0 radical (unpaired) electrons. The van der Waals surface area contributed by atoms with Crippen molar-refractivity contribution in [1.29, 1.82) is 0 Å². The number of nitrogens with one attached hydrogen (secondary N) is 1. The maximum absolute atomic E-state index is 11.8. The molecule has 5 nitrogen and oxygen atoms in total. The van der Waals surface area contributed by atoms with Crippen molar-refractivity contribution in [3.8, 4) is 0 Å². The largest absolute Gasteiger partial charge is 0.399 e. The zero-order chi connectivity index (χ0) is 12.7. The van der Waals surface area contributed by atoms with Crippen LogP contribution in [0.3, 0.4) is 0 Å². The lowest BCUT2D eigenvalue weighted by molar-refractivity contribution is 0.140. The minimum atomic E-state index is -3.45. The maximum atomic E-state index is 11.8. The van der Waals surface area contributed by atoms with Crippen LogP contribution < -0.4 is 10.5 Å². The molecule has 0 aromatic heterocycles. The number of benzene rings is 1. The quantitative estimate of drug-likeness (QED) is 0.564. The summed E-state index contributed by atoms with van der Waals surface area (Å²) in [5, 5.41) is 0. The van der Waals surface area contributed by atoms with E-state index in [0.29, 0.717) is 18.9 Å². The van der Waals surface area contributed by atoms with Crippen molar-refractivity contribution in [2.24, 2.45) is 0 Å². The number of hydrogen-bond donors (Lipinski definition) is 2. The van der Waals surface area contributed by atoms with Crippen LogP contribution in [0.4, 0.5) is 5.69 Å². The van der Waals surface area contributed by atoms with Crippen molar-refractivity contribution in [1.82, 2.24) is 4.72 Å². The van der Waals surface area contributed by atoms with Crippen molar-refractivity contribution in [3.05, 3.63) is 24.3 Å². The Hall–Kier alpha value is -1.11. The molecule has 0 bridgehead atoms. The summed E-state index contributed by atoms with van der Waals surface area (Å²) in [4.78, 5) is 0.210. The topological polar surface area (TPSA) is 81.4 Å². The van der Waals surface area contributed by atoms with E-state index in [0.717, 1.165) is 6.42 Å². The van der Waals surface area contributed by atoms with E-state index < -0.39 is 10.0 Å². The Morgan fingerprint density at radius 1 is 1.24 bits per heavy atom. The van der Waals surface area contributed by atoms with Crippen LogP contribution in [0.2, 0.25) is 0 Å². The van der Waals surface area contributed by atoms with Gasteiger partial charge in [0.25, 0.3) is 0 Å². The molecule has 0 fully saturated rings. The molecule has 0 spiro atoms. The standard InChI is InChI=1S/C11H18N2O3S/c1-2-8-16-9-7-13-17(14,15)11-5-3-10(12)4-6-11/h3-6,13H,2,7-9,12H2,1H3. The van der Waals surface area contributed by atoms with Crippen LogP contribution in [0, 0.1) is 0 Å². The molecule has 0 saturated carbocycles. The predicted octanol–water partition coefficient (Wildman–Crippen LogP) is 0.974. The number of nitrogens with two attached hydrogens (primary N) is 1. The fourth-order valence-corrected chi connectivity index (χ4v) is 2.24. The van der Waals surface area contributed by atoms with Gasteiger partial charge in [0.2, 0.25) is 10.0 Å². The molecular weight excluding hydrogens is 240 g/mol. The van der Waals surface area contributed by atoms with Crippen LogP contribution in [0.5, 0.6) is 0 Å². The van der Waals surface area contributed by atoms with Crippen molar-refractivity contribution in [3.63, 3.8) is 0 Å². The molecule has 0 atom stereocenters. The van der Waals surface area contributed by atoms with E-state index in [1.807, 2.05) is 6.92 Å². The van der Waals surface area contributed by atoms with E-state index in [1.165, 1.54) is 12.1 Å². The Kier molecular flexibility index (Phi) is 5.40. The Morgan fingerprint density at radius 2 is 1.88 bits per heavy atom. The molecule has 0 aliphatic heterocycles. The first-order chi connectivity index (χ1) is 8.06. The van der Waals surface area contributed by atoms with E-state index >= 15 is 0 Å². The summed E-state index contributed by atoms with van der Waals surface area (Å²) in [5.41, 5.74) is 6.03. The van der Waals surface area contributed by atoms with Crippen LogP contribution in [0.25, 0.3) is 0 Å². The Bertz CT molecular complexity index is 429. The molecule has 1 aromatic rings. The van der Waals surface area contributed by atoms with Crippen molar-refractivity contribution < 1.29 is 13.2 Å². The number of hydrogen-bond acceptors (Lipinski definition) is 4. The van der Waals surface area contributed by atoms with Gasteiger partial charge < -0.3 is 10.5 Å². The van der Waals surface area contributed by atoms with Gasteiger partial charge in [0.1, 0.15) is 0 Å². The third-order valence-electron chi connectivity index (χ3n) is 2.08. The second-order valence-corrected chi connectivity index (χ2v) is 5.35. The molecule has 0 heterocycles. The highest BCUT2D eigenvalue weighted by Gasteiger charge is 2.12. The van der Waals surface area contributed by atoms with Gasteiger partial charge in [-0.25, -0.2) is 13.1 Å². The van der Waals surface area contributed by atoms with Crippen LogP contribution >= 0.6 is 0 Å². The molecule has 6 heteroatoms. The van der Waals surface area contributed by atoms with Crippen LogP contribution in [-0.2, 0) is 14.8 Å². The fraction of sp³-hybridized carbons (Fsp3) is 0.455. The summed E-state index contributed by atoms with van der Waals surface area (Å²) in [6.45, 7) is 3.29. The summed E-state index contributed by atoms with van der Waals surface area (Å²) >= 11 is 0. The van der Waals surface area contributed by atoms with E-state index in [9.17, 15) is 8.42 Å². The SMILES string of the molecule is CCCOCCNS(=O)(=O)c1ccc(N)cc1. The highest BCUT2D eigenvalue weighted by atomic mass is 32.2. The van der Waals surface area contributed by atoms with E-state index in [4.69, 9.17) is 10.5 Å². The molecular formula is C11H18N2O3S. The maximum Gasteiger partial charge on any atom is 0.240 e. The van der Waals surface area contributed by atoms with Gasteiger partial charge in [-0.2, -0.15) is 0 Å². The van der Waals surface area contributed by atoms with Crippen LogP contribution in [0.15, 0.2) is 29.2 Å². The zero-order valence-electron chi connectivity index (χ0n) is 9.85. The number of rotatable bonds is 7. The Morgan fingerprint density at radius 3 is 2.47 bits per heavy atom. The van der Waals surface area contributed by atoms with E-state index in [2.05, 4.69) is 4.72 Å². The molecule has 0 unspecified atom stereocenters. The monoisotopic (exact) mass is 258 g/mol. The van der Waals surface area contributed by atoms with Crippen LogP contribution in [0.1, 0.15) is 13.3 Å². The lowest BCUT2D eigenvalue weighted by Crippen LogP contribution is -2.27. The third kappa shape index (κ3) is 4.72. The average molecular weight is 258 g/mol. The molecule has 0 amide bonds. The van der Waals surface area contributed by atoms with Crippen LogP contribution in [-0.4, -0.2) is 28.2 Å². The second kappa shape index (κ2) is 6.58. The molecule has 0 saturated heterocycles. The van der Waals surface area contributed by atoms with Gasteiger partial charge >= 0.3 is 0 Å². The van der Waals surface area contributed by atoms with Gasteiger partial charge in [-0.05, 0) is 30.7 Å². The minimum Gasteiger partial charge on any atom is -0.399 e. The summed E-state index contributed by atoms with van der Waals surface area (Å²) in [7, 11) is -3.45. The molecule has 1 rings (SSSR count). The van der Waals surface area contributed by atoms with Gasteiger partial charge in [-0.3, -0.25) is 0 Å². The zero-order valence-corrected chi connectivity index (χ0v) is 10.7. The van der Waals surface area contributed by atoms with E-state index in [1.54, 1.807) is 12.1 Å². The highest BCUT2D eigenvalue weighted by molar-refractivity contribution is 7.89. The molecule has 0 aliphatic rings. The summed E-state index contributed by atoms with van der Waals surface area (Å²) in [6, 6.07) is 6.07. The second-order valence-electron chi connectivity index (χ2n) is 3.58. The lowest BCUT2D eigenvalue weighted by atomic mass is 10.3. The van der Waals surface area contributed by atoms with Gasteiger partial charge in [0, 0.05) is 18.8 Å². The first kappa shape index (κ1) is 14.0. The van der Waals surface area contributed by atoms with Crippen molar-refractivity contribution in [2.45, 2.75) is 18.2 Å². The van der Waals surface area contributed by atoms with Gasteiger partial charge in [0.15, 0.2) is 0 Å². The number of sulfonamides is 1. The fourth-order valence-electron chi connectivity index (χ4n) is 1.22. The molecule has 17 heavy (non-hydrogen) atoms. The number of anilines is 1. The molecule has 96 valence electrons. The number of ether oxygens (including phenoxy) is 1. The van der Waals surface area contributed by atoms with Crippen molar-refractivity contribution >= 4 is 15.7 Å². The third-order valence-corrected chi connectivity index (χ3v) is 3.55. The summed E-state index contributed by atoms with van der Waals surface area (Å²) in [6.07, 6.45) is 0.921. The molecule has 0 aliphatic carbocycles. The smallest absolute Gasteiger partial charge is 0.240 e. The normalized spacial score (nSPS) is 11.6. The average Bonchev–Trinajstić information content (AvgIpc) is 2.29. The van der Waals surface area contributed by atoms with Gasteiger partial charge in [0.05, 0.1) is 11.5 Å². The summed E-state index contributed by atoms with van der Waals surface area (Å²) in [5.74, 6) is 0. The van der Waals surface area contributed by atoms with Crippen molar-refractivity contribution in [2.75, 3.05) is 25.5 Å². The van der Waals surface area contributed by atoms with E-state index in [-0.39, 0.29) is 11.4 Å². The first-order valence-electron chi connectivity index (χ1n) is 5.49. The Labute approximate surface area is 102 Å². The summed E-state index contributed by atoms with van der Waals surface area (Å²) < 4.78 is 31.2. The Balaban J connectivity index is 2.48.